The molecule has 1 atom stereocenters. The van der Waals surface area contributed by atoms with Gasteiger partial charge in [-0.3, -0.25) is 9.59 Å². The van der Waals surface area contributed by atoms with Gasteiger partial charge in [0.1, 0.15) is 0 Å². The molecule has 4 N–H and O–H groups in total. The molecule has 25 heavy (non-hydrogen) atoms. The van der Waals surface area contributed by atoms with Crippen LogP contribution in [0.1, 0.15) is 38.7 Å². The number of anilines is 1. The van der Waals surface area contributed by atoms with E-state index in [0.717, 1.165) is 17.7 Å². The van der Waals surface area contributed by atoms with Gasteiger partial charge >= 0.3 is 0 Å². The van der Waals surface area contributed by atoms with E-state index in [-0.39, 0.29) is 30.1 Å². The first-order valence-electron chi connectivity index (χ1n) is 8.49. The van der Waals surface area contributed by atoms with Crippen molar-refractivity contribution < 1.29 is 14.3 Å². The van der Waals surface area contributed by atoms with Gasteiger partial charge in [-0.2, -0.15) is 0 Å². The summed E-state index contributed by atoms with van der Waals surface area (Å²) in [7, 11) is 0. The van der Waals surface area contributed by atoms with Crippen LogP contribution in [0.4, 0.5) is 5.69 Å². The fourth-order valence-electron chi connectivity index (χ4n) is 2.53. The maximum Gasteiger partial charge on any atom is 0.240 e. The quantitative estimate of drug-likeness (QED) is 0.716. The Kier molecular flexibility index (Phi) is 8.35. The lowest BCUT2D eigenvalue weighted by molar-refractivity contribution is -0.129. The van der Waals surface area contributed by atoms with Crippen LogP contribution in [0.25, 0.3) is 0 Å². The molecule has 1 aliphatic rings. The van der Waals surface area contributed by atoms with E-state index in [9.17, 15) is 9.59 Å². The van der Waals surface area contributed by atoms with Crippen LogP contribution in [0.3, 0.4) is 0 Å². The molecule has 2 rings (SSSR count). The minimum Gasteiger partial charge on any atom is -0.381 e. The monoisotopic (exact) mass is 369 g/mol. The van der Waals surface area contributed by atoms with Crippen molar-refractivity contribution in [3.8, 4) is 0 Å². The summed E-state index contributed by atoms with van der Waals surface area (Å²) >= 11 is 0. The Morgan fingerprint density at radius 3 is 2.64 bits per heavy atom. The predicted octanol–water partition coefficient (Wildman–Crippen LogP) is 2.22. The second-order valence-electron chi connectivity index (χ2n) is 6.45. The average molecular weight is 370 g/mol. The van der Waals surface area contributed by atoms with Gasteiger partial charge in [0.05, 0.1) is 5.54 Å². The number of carbonyl (C=O) groups excluding carboxylic acids is 2. The summed E-state index contributed by atoms with van der Waals surface area (Å²) in [6.07, 6.45) is 1.86. The van der Waals surface area contributed by atoms with Crippen molar-refractivity contribution in [3.05, 3.63) is 29.8 Å². The van der Waals surface area contributed by atoms with Crippen LogP contribution in [-0.4, -0.2) is 30.6 Å². The minimum atomic E-state index is -0.847. The Morgan fingerprint density at radius 1 is 1.32 bits per heavy atom. The van der Waals surface area contributed by atoms with Crippen LogP contribution in [0, 0.1) is 5.92 Å². The first-order chi connectivity index (χ1) is 11.4. The van der Waals surface area contributed by atoms with E-state index in [1.165, 1.54) is 0 Å². The minimum absolute atomic E-state index is 0. The van der Waals surface area contributed by atoms with E-state index in [1.807, 2.05) is 38.1 Å². The van der Waals surface area contributed by atoms with E-state index in [1.54, 1.807) is 0 Å². The zero-order valence-electron chi connectivity index (χ0n) is 14.8. The van der Waals surface area contributed by atoms with E-state index in [0.29, 0.717) is 32.6 Å². The highest BCUT2D eigenvalue weighted by atomic mass is 35.5. The van der Waals surface area contributed by atoms with E-state index in [2.05, 4.69) is 10.6 Å². The highest BCUT2D eigenvalue weighted by Crippen LogP contribution is 2.18. The predicted molar refractivity (Wildman–Crippen MR) is 101 cm³/mol. The molecule has 0 spiro atoms. The van der Waals surface area contributed by atoms with Crippen molar-refractivity contribution in [2.24, 2.45) is 11.7 Å². The van der Waals surface area contributed by atoms with Crippen LogP contribution in [0.5, 0.6) is 0 Å². The molecule has 0 aromatic heterocycles. The molecular weight excluding hydrogens is 342 g/mol. The molecule has 1 heterocycles. The molecule has 1 aromatic carbocycles. The Bertz CT molecular complexity index is 589. The van der Waals surface area contributed by atoms with Crippen LogP contribution in [0.15, 0.2) is 24.3 Å². The molecule has 1 saturated heterocycles. The molecule has 1 aromatic rings. The third-order valence-corrected chi connectivity index (χ3v) is 4.54. The second kappa shape index (κ2) is 9.75. The largest absolute Gasteiger partial charge is 0.381 e. The first-order valence-corrected chi connectivity index (χ1v) is 8.49. The molecule has 0 saturated carbocycles. The number of benzene rings is 1. The summed E-state index contributed by atoms with van der Waals surface area (Å²) in [6, 6.07) is 7.48. The van der Waals surface area contributed by atoms with Crippen molar-refractivity contribution in [3.63, 3.8) is 0 Å². The van der Waals surface area contributed by atoms with E-state index < -0.39 is 5.54 Å². The highest BCUT2D eigenvalue weighted by Gasteiger charge is 2.35. The van der Waals surface area contributed by atoms with Crippen molar-refractivity contribution in [1.82, 2.24) is 5.32 Å². The van der Waals surface area contributed by atoms with Gasteiger partial charge in [0, 0.05) is 31.4 Å². The molecule has 1 unspecified atom stereocenters. The van der Waals surface area contributed by atoms with Gasteiger partial charge in [-0.05, 0) is 37.0 Å². The number of hydrogen-bond donors (Lipinski definition) is 3. The van der Waals surface area contributed by atoms with Crippen molar-refractivity contribution >= 4 is 29.9 Å². The van der Waals surface area contributed by atoms with Crippen molar-refractivity contribution in [1.29, 1.82) is 0 Å². The van der Waals surface area contributed by atoms with Gasteiger partial charge in [0.15, 0.2) is 0 Å². The van der Waals surface area contributed by atoms with Gasteiger partial charge in [-0.15, -0.1) is 12.4 Å². The summed E-state index contributed by atoms with van der Waals surface area (Å²) in [6.45, 7) is 5.29. The zero-order chi connectivity index (χ0) is 17.6. The lowest BCUT2D eigenvalue weighted by atomic mass is 9.90. The maximum absolute atomic E-state index is 12.3. The fourth-order valence-corrected chi connectivity index (χ4v) is 2.53. The number of hydrogen-bond acceptors (Lipinski definition) is 4. The third-order valence-electron chi connectivity index (χ3n) is 4.54. The van der Waals surface area contributed by atoms with Crippen LogP contribution in [-0.2, 0) is 20.9 Å². The Balaban J connectivity index is 0.00000312. The van der Waals surface area contributed by atoms with Gasteiger partial charge in [-0.25, -0.2) is 0 Å². The van der Waals surface area contributed by atoms with Crippen LogP contribution >= 0.6 is 12.4 Å². The summed E-state index contributed by atoms with van der Waals surface area (Å²) in [5.41, 5.74) is 6.97. The van der Waals surface area contributed by atoms with Gasteiger partial charge in [0.25, 0.3) is 0 Å². The molecule has 0 bridgehead atoms. The zero-order valence-corrected chi connectivity index (χ0v) is 15.7. The number of nitrogens with one attached hydrogen (secondary N) is 2. The second-order valence-corrected chi connectivity index (χ2v) is 6.45. The molecule has 1 aliphatic heterocycles. The highest BCUT2D eigenvalue weighted by molar-refractivity contribution is 5.92. The molecule has 0 aliphatic carbocycles. The smallest absolute Gasteiger partial charge is 0.240 e. The summed E-state index contributed by atoms with van der Waals surface area (Å²) in [5.74, 6) is -0.180. The molecule has 2 amide bonds. The number of ether oxygens (including phenoxy) is 1. The fraction of sp³-hybridized carbons (Fsp3) is 0.556. The Hall–Kier alpha value is -1.63. The normalized spacial score (nSPS) is 17.1. The van der Waals surface area contributed by atoms with Crippen molar-refractivity contribution in [2.45, 2.75) is 45.2 Å². The lowest BCUT2D eigenvalue weighted by Crippen LogP contribution is -2.56. The van der Waals surface area contributed by atoms with Crippen molar-refractivity contribution in [2.75, 3.05) is 18.5 Å². The molecule has 0 radical (unpaired) electrons. The molecular formula is C18H28ClN3O3. The summed E-state index contributed by atoms with van der Waals surface area (Å²) in [4.78, 5) is 24.3. The Labute approximate surface area is 155 Å². The topological polar surface area (TPSA) is 93.5 Å². The molecule has 1 fully saturated rings. The first kappa shape index (κ1) is 21.4. The van der Waals surface area contributed by atoms with Crippen LogP contribution in [0.2, 0.25) is 0 Å². The SMILES string of the molecule is CCC(C)C(=O)Nc1cccc(CNC(=O)C2(N)CCOCC2)c1.Cl. The summed E-state index contributed by atoms with van der Waals surface area (Å²) < 4.78 is 5.26. The number of amides is 2. The van der Waals surface area contributed by atoms with Gasteiger partial charge < -0.3 is 21.1 Å². The maximum atomic E-state index is 12.3. The molecule has 140 valence electrons. The molecule has 6 nitrogen and oxygen atoms in total. The third kappa shape index (κ3) is 5.99. The standard InChI is InChI=1S/C18H27N3O3.ClH/c1-3-13(2)16(22)21-15-6-4-5-14(11-15)12-20-17(23)18(19)7-9-24-10-8-18;/h4-6,11,13H,3,7-10,12,19H2,1-2H3,(H,20,23)(H,21,22);1H. The Morgan fingerprint density at radius 2 is 2.00 bits per heavy atom. The number of rotatable bonds is 6. The van der Waals surface area contributed by atoms with Crippen LogP contribution < -0.4 is 16.4 Å². The molecule has 7 heteroatoms. The van der Waals surface area contributed by atoms with E-state index in [4.69, 9.17) is 10.5 Å². The number of carbonyl (C=O) groups is 2. The van der Waals surface area contributed by atoms with Gasteiger partial charge in [-0.1, -0.05) is 26.0 Å². The average Bonchev–Trinajstić information content (AvgIpc) is 2.59. The number of nitrogens with two attached hydrogens (primary N) is 1. The lowest BCUT2D eigenvalue weighted by Gasteiger charge is -2.31. The van der Waals surface area contributed by atoms with E-state index >= 15 is 0 Å². The van der Waals surface area contributed by atoms with Gasteiger partial charge in [0.2, 0.25) is 11.8 Å². The summed E-state index contributed by atoms with van der Waals surface area (Å²) in [5, 5.41) is 5.79. The number of halogens is 1.